The van der Waals surface area contributed by atoms with Crippen LogP contribution in [0, 0.1) is 46.8 Å². The third-order valence-electron chi connectivity index (χ3n) is 25.2. The van der Waals surface area contributed by atoms with Crippen LogP contribution in [0.4, 0.5) is 26.3 Å². The van der Waals surface area contributed by atoms with E-state index in [1.807, 2.05) is 13.8 Å². The molecule has 620 valence electrons. The van der Waals surface area contributed by atoms with Crippen molar-refractivity contribution in [3.8, 4) is 0 Å². The van der Waals surface area contributed by atoms with Gasteiger partial charge >= 0.3 is 12.4 Å². The molecule has 32 heteroatoms. The van der Waals surface area contributed by atoms with E-state index in [0.29, 0.717) is 32.1 Å². The van der Waals surface area contributed by atoms with Crippen molar-refractivity contribution < 1.29 is 93.4 Å². The molecule has 0 aromatic heterocycles. The van der Waals surface area contributed by atoms with Crippen molar-refractivity contribution in [3.05, 3.63) is 12.2 Å². The molecule has 13 atom stereocenters. The Morgan fingerprint density at radius 1 is 0.636 bits per heavy atom. The number of carbonyl (C=O) groups excluding carboxylic acids is 12. The SMILES string of the molecule is CCO[C@@H]1C[C@H]2C(=O)NC3(CC(C)(C)C3)C(=O)N(C)[C@@H](C3CCCC3)C(=O)N(C)[C@H](C(=O)N(C)C)CC(=O)N(C)[C@@H](CC3CC3)C(=O)N[C@@H]([C@@H](C)CC)C(=O)N(C)CC(=O)N(C)[C@H]3C/C=C\CCN(C3=O)[C@@H](CC3CCC(C(F)(F)F)CC3)C(=O)N(C)CC(=O)N[C@@H](CCC3CCC(C(F)(F)F)C(OC)C3)C(=O)N2C1. The average Bonchev–Trinajstić information content (AvgIpc) is 0.746. The predicted molar refractivity (Wildman–Crippen MR) is 394 cm³/mol. The van der Waals surface area contributed by atoms with Crippen molar-refractivity contribution >= 4 is 70.9 Å². The minimum atomic E-state index is -4.57. The van der Waals surface area contributed by atoms with Gasteiger partial charge in [-0.2, -0.15) is 26.3 Å². The largest absolute Gasteiger partial charge is 0.394 e. The molecule has 5 aliphatic carbocycles. The third kappa shape index (κ3) is 21.4. The van der Waals surface area contributed by atoms with E-state index in [1.165, 1.54) is 92.9 Å². The van der Waals surface area contributed by atoms with Gasteiger partial charge in [0.1, 0.15) is 53.9 Å². The number of alkyl halides is 6. The first-order chi connectivity index (χ1) is 51.6. The predicted octanol–water partition coefficient (Wildman–Crippen LogP) is 6.47. The number of hydrogen-bond donors (Lipinski definition) is 3. The summed E-state index contributed by atoms with van der Waals surface area (Å²) in [4.78, 5) is 194. The van der Waals surface area contributed by atoms with E-state index >= 15 is 33.6 Å². The molecule has 26 nitrogen and oxygen atoms in total. The van der Waals surface area contributed by atoms with Crippen LogP contribution < -0.4 is 16.0 Å². The molecule has 3 aliphatic heterocycles. The lowest BCUT2D eigenvalue weighted by atomic mass is 9.58. The fourth-order valence-electron chi connectivity index (χ4n) is 18.4. The van der Waals surface area contributed by atoms with Gasteiger partial charge in [0, 0.05) is 89.6 Å². The van der Waals surface area contributed by atoms with Gasteiger partial charge in [-0.1, -0.05) is 72.0 Å². The number of amides is 12. The Kier molecular flexibility index (Phi) is 29.9. The Hall–Kier alpha value is -7.12. The smallest absolute Gasteiger partial charge is 0.381 e. The summed E-state index contributed by atoms with van der Waals surface area (Å²) in [5.41, 5.74) is -2.25. The van der Waals surface area contributed by atoms with E-state index in [0.717, 1.165) is 27.5 Å². The number of likely N-dealkylation sites (N-methyl/N-ethyl adjacent to an activating group) is 7. The number of nitrogens with zero attached hydrogens (tertiary/aromatic N) is 9. The highest BCUT2D eigenvalue weighted by molar-refractivity contribution is 6.01. The van der Waals surface area contributed by atoms with E-state index in [9.17, 15) is 50.3 Å². The number of hydrogen-bond acceptors (Lipinski definition) is 14. The number of nitrogens with one attached hydrogen (secondary N) is 3. The fourth-order valence-corrected chi connectivity index (χ4v) is 18.4. The fraction of sp³-hybridized carbons (Fsp3) is 0.821. The molecule has 3 heterocycles. The molecule has 2 bridgehead atoms. The Morgan fingerprint density at radius 3 is 1.82 bits per heavy atom. The van der Waals surface area contributed by atoms with E-state index in [2.05, 4.69) is 16.0 Å². The van der Waals surface area contributed by atoms with Gasteiger partial charge in [0.25, 0.3) is 0 Å². The summed E-state index contributed by atoms with van der Waals surface area (Å²) in [5, 5.41) is 8.76. The van der Waals surface area contributed by atoms with Gasteiger partial charge in [-0.25, -0.2) is 0 Å². The second-order valence-electron chi connectivity index (χ2n) is 34.0. The third-order valence-corrected chi connectivity index (χ3v) is 25.2. The molecule has 3 unspecified atom stereocenters. The highest BCUT2D eigenvalue weighted by atomic mass is 19.4. The van der Waals surface area contributed by atoms with Crippen molar-refractivity contribution in [2.45, 2.75) is 267 Å². The molecule has 110 heavy (non-hydrogen) atoms. The first kappa shape index (κ1) is 88.4. The molecule has 7 fully saturated rings. The summed E-state index contributed by atoms with van der Waals surface area (Å²) in [5.74, 6) is -14.1. The van der Waals surface area contributed by atoms with Crippen LogP contribution in [0.3, 0.4) is 0 Å². The van der Waals surface area contributed by atoms with E-state index in [-0.39, 0.29) is 128 Å². The zero-order valence-electron chi connectivity index (χ0n) is 67.0. The molecule has 5 saturated carbocycles. The lowest BCUT2D eigenvalue weighted by Crippen LogP contribution is -2.71. The molecule has 0 aromatic carbocycles. The highest BCUT2D eigenvalue weighted by Gasteiger charge is 2.60. The lowest BCUT2D eigenvalue weighted by Gasteiger charge is -2.54. The topological polar surface area (TPSA) is 289 Å². The van der Waals surface area contributed by atoms with Crippen molar-refractivity contribution in [3.63, 3.8) is 0 Å². The summed E-state index contributed by atoms with van der Waals surface area (Å²) in [6, 6.07) is -10.8. The van der Waals surface area contributed by atoms with Crippen molar-refractivity contribution in [1.29, 1.82) is 0 Å². The number of fused-ring (bicyclic) bond motifs is 3. The van der Waals surface area contributed by atoms with Gasteiger partial charge in [-0.15, -0.1) is 0 Å². The van der Waals surface area contributed by atoms with Crippen molar-refractivity contribution in [1.82, 2.24) is 60.0 Å². The van der Waals surface area contributed by atoms with Crippen LogP contribution in [0.15, 0.2) is 12.2 Å². The monoisotopic (exact) mass is 1560 g/mol. The summed E-state index contributed by atoms with van der Waals surface area (Å²) < 4.78 is 97.1. The van der Waals surface area contributed by atoms with E-state index in [4.69, 9.17) is 9.47 Å². The highest BCUT2D eigenvalue weighted by Crippen LogP contribution is 2.50. The van der Waals surface area contributed by atoms with Gasteiger partial charge in [-0.3, -0.25) is 57.5 Å². The normalized spacial score (nSPS) is 32.1. The summed E-state index contributed by atoms with van der Waals surface area (Å²) in [6.07, 6.45) is -4.52. The molecule has 8 aliphatic rings. The lowest BCUT2D eigenvalue weighted by molar-refractivity contribution is -0.215. The average molecular weight is 1570 g/mol. The Bertz CT molecular complexity index is 3330. The van der Waals surface area contributed by atoms with Crippen LogP contribution in [0.2, 0.25) is 0 Å². The van der Waals surface area contributed by atoms with Gasteiger partial charge in [0.15, 0.2) is 0 Å². The minimum Gasteiger partial charge on any atom is -0.381 e. The van der Waals surface area contributed by atoms with Crippen LogP contribution in [0.1, 0.15) is 189 Å². The maximum atomic E-state index is 15.8. The molecule has 1 spiro atoms. The quantitative estimate of drug-likeness (QED) is 0.124. The number of halogens is 6. The Balaban J connectivity index is 1.21. The van der Waals surface area contributed by atoms with Gasteiger partial charge in [-0.05, 0) is 151 Å². The van der Waals surface area contributed by atoms with E-state index < -0.39 is 210 Å². The maximum Gasteiger partial charge on any atom is 0.394 e. The van der Waals surface area contributed by atoms with Gasteiger partial charge in [0.05, 0.1) is 43.6 Å². The molecule has 8 rings (SSSR count). The number of rotatable bonds is 14. The standard InChI is InChI=1S/C78H122F6N12O14/c1-15-46(3)64-72(106)90(9)43-63(99)91(10)55-24-18-17-21-35-95(71(55)105)59(37-48-27-31-51(32-28-48)77(79,80)81)70(104)89(8)42-61(97)85-54(34-30-49-29-33-53(78(82,83)84)60(38-49)109-14)68(102)96-41-52(110-16-2)39-57(96)67(101)87-76(44-75(4,5)45-76)74(108)94(13)65(50-22-19-20-23-50)73(107)93(12)58(69(103)88(6)7)40-62(98)92(11)56(66(100)86-64)36-47-25-26-47/h17-18,46-60,64-65H,15-16,19-45H2,1-14H3,(H,85,97)(H,86,100)(H,87,101)/b18-17-/t46-,48?,49?,51?,52+,53?,54-,55-,56-,57-,58-,59-,60?,64-,65-/m0/s1. The van der Waals surface area contributed by atoms with Gasteiger partial charge in [0.2, 0.25) is 70.9 Å². The number of ether oxygens (including phenoxy) is 2. The van der Waals surface area contributed by atoms with Crippen LogP contribution in [-0.2, 0) is 67.0 Å². The molecular weight excluding hydrogens is 1440 g/mol. The van der Waals surface area contributed by atoms with Crippen LogP contribution in [0.5, 0.6) is 0 Å². The first-order valence-corrected chi connectivity index (χ1v) is 39.8. The maximum absolute atomic E-state index is 15.8. The molecule has 2 saturated heterocycles. The van der Waals surface area contributed by atoms with Crippen LogP contribution >= 0.6 is 0 Å². The molecule has 0 aromatic rings. The summed E-state index contributed by atoms with van der Waals surface area (Å²) in [7, 11) is 12.4. The Morgan fingerprint density at radius 2 is 1.25 bits per heavy atom. The molecule has 12 amide bonds. The first-order valence-electron chi connectivity index (χ1n) is 39.8. The summed E-state index contributed by atoms with van der Waals surface area (Å²) >= 11 is 0. The zero-order valence-corrected chi connectivity index (χ0v) is 67.0. The van der Waals surface area contributed by atoms with E-state index in [1.54, 1.807) is 32.9 Å². The van der Waals surface area contributed by atoms with Crippen molar-refractivity contribution in [2.24, 2.45) is 46.8 Å². The van der Waals surface area contributed by atoms with Crippen LogP contribution in [0.25, 0.3) is 0 Å². The molecule has 3 N–H and O–H groups in total. The summed E-state index contributed by atoms with van der Waals surface area (Å²) in [6.45, 7) is 7.50. The second-order valence-corrected chi connectivity index (χ2v) is 34.0. The van der Waals surface area contributed by atoms with Crippen LogP contribution in [-0.4, -0.2) is 290 Å². The zero-order chi connectivity index (χ0) is 81.4. The number of carbonyl (C=O) groups is 12. The molecular formula is C78H122F6N12O14. The van der Waals surface area contributed by atoms with Crippen molar-refractivity contribution in [2.75, 3.05) is 96.3 Å². The number of methoxy groups -OCH3 is 1. The molecule has 0 radical (unpaired) electrons. The Labute approximate surface area is 644 Å². The second kappa shape index (κ2) is 37.2. The van der Waals surface area contributed by atoms with Gasteiger partial charge < -0.3 is 69.5 Å². The minimum absolute atomic E-state index is 0.0187.